The number of benzene rings is 3. The van der Waals surface area contributed by atoms with Crippen molar-refractivity contribution in [1.82, 2.24) is 0 Å². The molecule has 3 aromatic carbocycles. The molecule has 136 valence electrons. The summed E-state index contributed by atoms with van der Waals surface area (Å²) < 4.78 is 58.6. The molecular weight excluding hydrogens is 358 g/mol. The first kappa shape index (κ1) is 18.5. The molecule has 0 fully saturated rings. The molecule has 0 aliphatic carbocycles. The van der Waals surface area contributed by atoms with Gasteiger partial charge in [-0.1, -0.05) is 36.4 Å². The van der Waals surface area contributed by atoms with Crippen LogP contribution in [0.15, 0.2) is 66.7 Å². The monoisotopic (exact) mass is 371 g/mol. The van der Waals surface area contributed by atoms with E-state index in [0.29, 0.717) is 6.07 Å². The summed E-state index contributed by atoms with van der Waals surface area (Å²) in [6.45, 7) is 0.171. The summed E-state index contributed by atoms with van der Waals surface area (Å²) in [5.41, 5.74) is 0.105. The van der Waals surface area contributed by atoms with E-state index in [1.807, 2.05) is 36.4 Å². The van der Waals surface area contributed by atoms with Crippen molar-refractivity contribution < 1.29 is 22.3 Å². The van der Waals surface area contributed by atoms with E-state index in [1.54, 1.807) is 0 Å². The number of nitrogens with zero attached hydrogens (tertiary/aromatic N) is 1. The SMILES string of the molecule is N#Cc1ccc(-c2cc(C(F)(F)F)ccc2F)cc1OCc1ccccc1. The molecule has 0 aliphatic rings. The van der Waals surface area contributed by atoms with Crippen molar-refractivity contribution in [1.29, 1.82) is 5.26 Å². The molecule has 3 rings (SSSR count). The van der Waals surface area contributed by atoms with Gasteiger partial charge in [-0.15, -0.1) is 0 Å². The summed E-state index contributed by atoms with van der Waals surface area (Å²) in [7, 11) is 0. The first-order chi connectivity index (χ1) is 12.9. The highest BCUT2D eigenvalue weighted by Crippen LogP contribution is 2.35. The van der Waals surface area contributed by atoms with Gasteiger partial charge in [-0.25, -0.2) is 4.39 Å². The lowest BCUT2D eigenvalue weighted by atomic mass is 10.0. The Balaban J connectivity index is 1.97. The summed E-state index contributed by atoms with van der Waals surface area (Å²) in [5.74, 6) is -0.614. The second-order valence-electron chi connectivity index (χ2n) is 5.79. The molecule has 0 radical (unpaired) electrons. The van der Waals surface area contributed by atoms with Crippen LogP contribution in [-0.2, 0) is 12.8 Å². The molecule has 0 N–H and O–H groups in total. The minimum absolute atomic E-state index is 0.171. The van der Waals surface area contributed by atoms with Gasteiger partial charge in [0, 0.05) is 5.56 Å². The fourth-order valence-corrected chi connectivity index (χ4v) is 2.56. The molecule has 0 heterocycles. The van der Waals surface area contributed by atoms with E-state index in [2.05, 4.69) is 0 Å². The Kier molecular flexibility index (Phi) is 5.13. The van der Waals surface area contributed by atoms with Crippen LogP contribution in [0.2, 0.25) is 0 Å². The largest absolute Gasteiger partial charge is 0.488 e. The van der Waals surface area contributed by atoms with Crippen LogP contribution in [0, 0.1) is 17.1 Å². The second-order valence-corrected chi connectivity index (χ2v) is 5.79. The number of halogens is 4. The van der Waals surface area contributed by atoms with Crippen molar-refractivity contribution in [2.45, 2.75) is 12.8 Å². The summed E-state index contributed by atoms with van der Waals surface area (Å²) in [6.07, 6.45) is -4.58. The number of alkyl halides is 3. The predicted molar refractivity (Wildman–Crippen MR) is 92.3 cm³/mol. The topological polar surface area (TPSA) is 33.0 Å². The van der Waals surface area contributed by atoms with E-state index in [9.17, 15) is 22.8 Å². The highest BCUT2D eigenvalue weighted by molar-refractivity contribution is 5.68. The number of rotatable bonds is 4. The maximum atomic E-state index is 14.1. The Morgan fingerprint density at radius 2 is 1.67 bits per heavy atom. The van der Waals surface area contributed by atoms with Gasteiger partial charge in [0.05, 0.1) is 11.1 Å². The van der Waals surface area contributed by atoms with Gasteiger partial charge in [0.15, 0.2) is 0 Å². The van der Waals surface area contributed by atoms with Crippen molar-refractivity contribution in [3.8, 4) is 22.9 Å². The highest BCUT2D eigenvalue weighted by atomic mass is 19.4. The Morgan fingerprint density at radius 3 is 2.33 bits per heavy atom. The lowest BCUT2D eigenvalue weighted by Gasteiger charge is -2.13. The zero-order valence-electron chi connectivity index (χ0n) is 13.9. The summed E-state index contributed by atoms with van der Waals surface area (Å²) in [5, 5.41) is 9.23. The second kappa shape index (κ2) is 7.50. The van der Waals surface area contributed by atoms with E-state index in [4.69, 9.17) is 4.74 Å². The molecule has 0 aromatic heterocycles. The maximum Gasteiger partial charge on any atom is 0.416 e. The van der Waals surface area contributed by atoms with Gasteiger partial charge in [-0.05, 0) is 41.5 Å². The van der Waals surface area contributed by atoms with Crippen molar-refractivity contribution in [2.75, 3.05) is 0 Å². The summed E-state index contributed by atoms with van der Waals surface area (Å²) >= 11 is 0. The Labute approximate surface area is 153 Å². The number of nitriles is 1. The van der Waals surface area contributed by atoms with E-state index in [1.165, 1.54) is 18.2 Å². The average Bonchev–Trinajstić information content (AvgIpc) is 2.66. The normalized spacial score (nSPS) is 11.1. The molecule has 3 aromatic rings. The van der Waals surface area contributed by atoms with E-state index in [0.717, 1.165) is 17.7 Å². The molecule has 0 amide bonds. The van der Waals surface area contributed by atoms with Gasteiger partial charge < -0.3 is 4.74 Å². The highest BCUT2D eigenvalue weighted by Gasteiger charge is 2.31. The van der Waals surface area contributed by atoms with Crippen molar-refractivity contribution in [3.63, 3.8) is 0 Å². The molecule has 2 nitrogen and oxygen atoms in total. The molecule has 0 spiro atoms. The third-order valence-corrected chi connectivity index (χ3v) is 3.94. The molecule has 0 bridgehead atoms. The van der Waals surface area contributed by atoms with Crippen LogP contribution < -0.4 is 4.74 Å². The predicted octanol–water partition coefficient (Wildman–Crippen LogP) is 5.96. The molecule has 0 saturated heterocycles. The standard InChI is InChI=1S/C21H13F4NO/c22-19-9-8-17(21(23,24)25)11-18(19)15-6-7-16(12-26)20(10-15)27-13-14-4-2-1-3-5-14/h1-11H,13H2. The van der Waals surface area contributed by atoms with Crippen molar-refractivity contribution in [2.24, 2.45) is 0 Å². The molecule has 0 saturated carbocycles. The third kappa shape index (κ3) is 4.26. The van der Waals surface area contributed by atoms with Crippen LogP contribution in [0.4, 0.5) is 17.6 Å². The molecule has 27 heavy (non-hydrogen) atoms. The summed E-state index contributed by atoms with van der Waals surface area (Å²) in [4.78, 5) is 0. The number of ether oxygens (including phenoxy) is 1. The van der Waals surface area contributed by atoms with E-state index >= 15 is 0 Å². The van der Waals surface area contributed by atoms with Crippen LogP contribution in [0.3, 0.4) is 0 Å². The zero-order valence-corrected chi connectivity index (χ0v) is 13.9. The third-order valence-electron chi connectivity index (χ3n) is 3.94. The Bertz CT molecular complexity index is 991. The quantitative estimate of drug-likeness (QED) is 0.530. The van der Waals surface area contributed by atoms with Gasteiger partial charge in [0.25, 0.3) is 0 Å². The minimum atomic E-state index is -4.58. The van der Waals surface area contributed by atoms with E-state index < -0.39 is 17.6 Å². The van der Waals surface area contributed by atoms with Gasteiger partial charge in [-0.2, -0.15) is 18.4 Å². The Hall–Kier alpha value is -3.33. The fraction of sp³-hybridized carbons (Fsp3) is 0.0952. The number of hydrogen-bond donors (Lipinski definition) is 0. The summed E-state index contributed by atoms with van der Waals surface area (Å²) in [6, 6.07) is 17.5. The minimum Gasteiger partial charge on any atom is -0.488 e. The van der Waals surface area contributed by atoms with Crippen molar-refractivity contribution >= 4 is 0 Å². The van der Waals surface area contributed by atoms with Crippen LogP contribution in [-0.4, -0.2) is 0 Å². The molecule has 0 aliphatic heterocycles. The first-order valence-electron chi connectivity index (χ1n) is 7.96. The zero-order chi connectivity index (χ0) is 19.4. The van der Waals surface area contributed by atoms with Gasteiger partial charge in [-0.3, -0.25) is 0 Å². The van der Waals surface area contributed by atoms with Crippen LogP contribution in [0.5, 0.6) is 5.75 Å². The molecule has 6 heteroatoms. The Morgan fingerprint density at radius 1 is 0.926 bits per heavy atom. The van der Waals surface area contributed by atoms with Gasteiger partial charge in [0.2, 0.25) is 0 Å². The fourth-order valence-electron chi connectivity index (χ4n) is 2.56. The number of hydrogen-bond acceptors (Lipinski definition) is 2. The van der Waals surface area contributed by atoms with E-state index in [-0.39, 0.29) is 29.0 Å². The van der Waals surface area contributed by atoms with Crippen molar-refractivity contribution in [3.05, 3.63) is 89.2 Å². The van der Waals surface area contributed by atoms with Gasteiger partial charge in [0.1, 0.15) is 24.2 Å². The van der Waals surface area contributed by atoms with Crippen LogP contribution in [0.25, 0.3) is 11.1 Å². The smallest absolute Gasteiger partial charge is 0.416 e. The molecular formula is C21H13F4NO. The lowest BCUT2D eigenvalue weighted by molar-refractivity contribution is -0.137. The average molecular weight is 371 g/mol. The molecule has 0 atom stereocenters. The van der Waals surface area contributed by atoms with Crippen LogP contribution >= 0.6 is 0 Å². The first-order valence-corrected chi connectivity index (χ1v) is 7.96. The maximum absolute atomic E-state index is 14.1. The lowest BCUT2D eigenvalue weighted by Crippen LogP contribution is -2.05. The molecule has 0 unspecified atom stereocenters. The van der Waals surface area contributed by atoms with Gasteiger partial charge >= 0.3 is 6.18 Å². The van der Waals surface area contributed by atoms with Crippen LogP contribution in [0.1, 0.15) is 16.7 Å².